The van der Waals surface area contributed by atoms with Crippen LogP contribution in [0.3, 0.4) is 0 Å². The highest BCUT2D eigenvalue weighted by atomic mass is 19.2. The van der Waals surface area contributed by atoms with Gasteiger partial charge in [0, 0.05) is 32.0 Å². The van der Waals surface area contributed by atoms with Crippen LogP contribution in [0.2, 0.25) is 0 Å². The van der Waals surface area contributed by atoms with E-state index in [1.807, 2.05) is 18.2 Å². The van der Waals surface area contributed by atoms with Crippen LogP contribution >= 0.6 is 0 Å². The van der Waals surface area contributed by atoms with E-state index < -0.39 is 52.8 Å². The first-order chi connectivity index (χ1) is 20.6. The van der Waals surface area contributed by atoms with Gasteiger partial charge in [0.15, 0.2) is 23.3 Å². The van der Waals surface area contributed by atoms with Gasteiger partial charge in [0.05, 0.1) is 7.11 Å². The number of rotatable bonds is 9. The highest BCUT2D eigenvalue weighted by molar-refractivity contribution is 5.94. The molecule has 1 aliphatic heterocycles. The molecule has 4 rings (SSSR count). The van der Waals surface area contributed by atoms with Gasteiger partial charge in [0.25, 0.3) is 0 Å². The summed E-state index contributed by atoms with van der Waals surface area (Å²) in [7, 11) is 1.55. The third-order valence-corrected chi connectivity index (χ3v) is 7.11. The number of benzene rings is 3. The van der Waals surface area contributed by atoms with Crippen molar-refractivity contribution in [2.75, 3.05) is 25.5 Å². The van der Waals surface area contributed by atoms with E-state index in [0.29, 0.717) is 30.7 Å². The molecule has 0 aliphatic carbocycles. The van der Waals surface area contributed by atoms with Crippen molar-refractivity contribution >= 4 is 23.5 Å². The van der Waals surface area contributed by atoms with Gasteiger partial charge in [0.1, 0.15) is 17.5 Å². The quantitative estimate of drug-likeness (QED) is 0.188. The van der Waals surface area contributed by atoms with Gasteiger partial charge in [0.2, 0.25) is 17.6 Å². The van der Waals surface area contributed by atoms with Crippen molar-refractivity contribution in [2.24, 2.45) is 5.92 Å². The first-order valence-corrected chi connectivity index (χ1v) is 13.4. The van der Waals surface area contributed by atoms with Crippen LogP contribution in [0.5, 0.6) is 5.75 Å². The normalized spacial score (nSPS) is 14.1. The summed E-state index contributed by atoms with van der Waals surface area (Å²) in [5.41, 5.74) is -0.0379. The van der Waals surface area contributed by atoms with E-state index in [0.717, 1.165) is 5.56 Å². The Bertz CT molecular complexity index is 1450. The smallest absolute Gasteiger partial charge is 0.320 e. The molecule has 3 aromatic rings. The van der Waals surface area contributed by atoms with E-state index >= 15 is 0 Å². The lowest BCUT2D eigenvalue weighted by Gasteiger charge is -2.34. The minimum Gasteiger partial charge on any atom is -0.497 e. The molecule has 0 radical (unpaired) electrons. The van der Waals surface area contributed by atoms with Crippen molar-refractivity contribution < 1.29 is 41.1 Å². The molecule has 1 aliphatic rings. The van der Waals surface area contributed by atoms with E-state index in [2.05, 4.69) is 10.6 Å². The molecule has 0 spiro atoms. The first kappa shape index (κ1) is 31.3. The van der Waals surface area contributed by atoms with Crippen molar-refractivity contribution in [3.63, 3.8) is 0 Å². The minimum atomic E-state index is -2.37. The number of carbonyl (C=O) groups is 3. The zero-order chi connectivity index (χ0) is 31.1. The number of likely N-dealkylation sites (tertiary alicyclic amines) is 1. The fourth-order valence-corrected chi connectivity index (χ4v) is 4.77. The molecule has 228 valence electrons. The maximum atomic E-state index is 14.1. The highest BCUT2D eigenvalue weighted by Crippen LogP contribution is 2.27. The molecule has 43 heavy (non-hydrogen) atoms. The van der Waals surface area contributed by atoms with Crippen molar-refractivity contribution in [1.29, 1.82) is 0 Å². The van der Waals surface area contributed by atoms with E-state index in [1.54, 1.807) is 48.8 Å². The van der Waals surface area contributed by atoms with Gasteiger partial charge in [-0.3, -0.25) is 9.59 Å². The van der Waals surface area contributed by atoms with Gasteiger partial charge < -0.3 is 25.6 Å². The third kappa shape index (κ3) is 7.59. The molecule has 0 aromatic heterocycles. The lowest BCUT2D eigenvalue weighted by molar-refractivity contribution is -0.137. The number of nitrogens with one attached hydrogen (secondary N) is 3. The average Bonchev–Trinajstić information content (AvgIpc) is 3.03. The molecule has 0 saturated carbocycles. The topological polar surface area (TPSA) is 99.8 Å². The molecule has 1 fully saturated rings. The Morgan fingerprint density at radius 2 is 1.47 bits per heavy atom. The van der Waals surface area contributed by atoms with Crippen molar-refractivity contribution in [3.05, 3.63) is 94.8 Å². The monoisotopic (exact) mass is 604 g/mol. The maximum Gasteiger partial charge on any atom is 0.320 e. The average molecular weight is 605 g/mol. The Labute approximate surface area is 244 Å². The molecule has 3 N–H and O–H groups in total. The number of piperidine rings is 1. The number of anilines is 1. The molecule has 3 aromatic carbocycles. The molecular formula is C30H29F5N4O4. The maximum absolute atomic E-state index is 14.1. The first-order valence-electron chi connectivity index (χ1n) is 13.4. The molecule has 1 saturated heterocycles. The number of amides is 4. The van der Waals surface area contributed by atoms with Gasteiger partial charge in [-0.1, -0.05) is 42.5 Å². The van der Waals surface area contributed by atoms with E-state index in [9.17, 15) is 36.3 Å². The van der Waals surface area contributed by atoms with Crippen LogP contribution in [0, 0.1) is 35.0 Å². The predicted octanol–water partition coefficient (Wildman–Crippen LogP) is 4.68. The zero-order valence-corrected chi connectivity index (χ0v) is 23.1. The summed E-state index contributed by atoms with van der Waals surface area (Å²) in [4.78, 5) is 40.4. The fraction of sp³-hybridized carbons (Fsp3) is 0.300. The number of hydrogen-bond donors (Lipinski definition) is 3. The van der Waals surface area contributed by atoms with Crippen LogP contribution in [0.4, 0.5) is 32.4 Å². The Kier molecular flexibility index (Phi) is 10.2. The highest BCUT2D eigenvalue weighted by Gasteiger charge is 2.33. The third-order valence-electron chi connectivity index (χ3n) is 7.11. The number of hydrogen-bond acceptors (Lipinski definition) is 4. The van der Waals surface area contributed by atoms with Gasteiger partial charge in [-0.15, -0.1) is 0 Å². The molecule has 1 heterocycles. The predicted molar refractivity (Wildman–Crippen MR) is 146 cm³/mol. The van der Waals surface area contributed by atoms with Crippen LogP contribution in [0.25, 0.3) is 0 Å². The van der Waals surface area contributed by atoms with Gasteiger partial charge in [-0.2, -0.15) is 0 Å². The summed E-state index contributed by atoms with van der Waals surface area (Å²) in [6, 6.07) is 13.2. The second-order valence-electron chi connectivity index (χ2n) is 9.95. The zero-order valence-electron chi connectivity index (χ0n) is 23.1. The van der Waals surface area contributed by atoms with E-state index in [-0.39, 0.29) is 31.3 Å². The van der Waals surface area contributed by atoms with Gasteiger partial charge >= 0.3 is 6.03 Å². The Balaban J connectivity index is 1.40. The second-order valence-corrected chi connectivity index (χ2v) is 9.95. The number of carbonyl (C=O) groups excluding carboxylic acids is 3. The summed E-state index contributed by atoms with van der Waals surface area (Å²) in [5, 5.41) is 6.83. The van der Waals surface area contributed by atoms with Crippen molar-refractivity contribution in [1.82, 2.24) is 15.5 Å². The Hall–Kier alpha value is -4.68. The number of methoxy groups -OCH3 is 1. The van der Waals surface area contributed by atoms with Crippen molar-refractivity contribution in [2.45, 2.75) is 31.8 Å². The van der Waals surface area contributed by atoms with Crippen LogP contribution < -0.4 is 20.7 Å². The summed E-state index contributed by atoms with van der Waals surface area (Å²) in [5.74, 6) is -11.6. The molecule has 13 heteroatoms. The van der Waals surface area contributed by atoms with Crippen molar-refractivity contribution in [3.8, 4) is 5.75 Å². The van der Waals surface area contributed by atoms with Crippen LogP contribution in [0.15, 0.2) is 54.6 Å². The Morgan fingerprint density at radius 3 is 2.09 bits per heavy atom. The van der Waals surface area contributed by atoms with Crippen LogP contribution in [-0.2, 0) is 22.6 Å². The number of ether oxygens (including phenoxy) is 1. The molecule has 0 unspecified atom stereocenters. The number of urea groups is 1. The van der Waals surface area contributed by atoms with E-state index in [4.69, 9.17) is 4.74 Å². The SMILES string of the molecule is COc1cccc(CNC(=O)C2CCN(C(=O)[C@@H](Cc3ccccc3)NC(=O)Nc3c(F)c(F)c(F)c(F)c3F)CC2)c1. The molecule has 8 nitrogen and oxygen atoms in total. The summed E-state index contributed by atoms with van der Waals surface area (Å²) in [6.07, 6.45) is 0.681. The number of halogens is 5. The summed E-state index contributed by atoms with van der Waals surface area (Å²) in [6.45, 7) is 0.695. The van der Waals surface area contributed by atoms with E-state index in [1.165, 1.54) is 4.90 Å². The largest absolute Gasteiger partial charge is 0.497 e. The van der Waals surface area contributed by atoms with Gasteiger partial charge in [-0.25, -0.2) is 26.7 Å². The lowest BCUT2D eigenvalue weighted by Crippen LogP contribution is -2.53. The van der Waals surface area contributed by atoms with Gasteiger partial charge in [-0.05, 0) is 36.1 Å². The summed E-state index contributed by atoms with van der Waals surface area (Å²) < 4.78 is 74.0. The second kappa shape index (κ2) is 14.0. The minimum absolute atomic E-state index is 0.0227. The molecule has 1 atom stereocenters. The van der Waals surface area contributed by atoms with Crippen LogP contribution in [0.1, 0.15) is 24.0 Å². The Morgan fingerprint density at radius 1 is 0.860 bits per heavy atom. The fourth-order valence-electron chi connectivity index (χ4n) is 4.77. The molecule has 4 amide bonds. The molecule has 0 bridgehead atoms. The summed E-state index contributed by atoms with van der Waals surface area (Å²) >= 11 is 0. The standard InChI is InChI=1S/C30H29F5N4O4/c1-43-20-9-5-8-18(14-20)16-36-28(40)19-10-12-39(13-11-19)29(41)21(15-17-6-3-2-4-7-17)37-30(42)38-27-25(34)23(32)22(31)24(33)26(27)35/h2-9,14,19,21H,10-13,15-16H2,1H3,(H,36,40)(H2,37,38,42)/t21-/m1/s1. The molecular weight excluding hydrogens is 575 g/mol. The van der Waals surface area contributed by atoms with Crippen LogP contribution in [-0.4, -0.2) is 49.0 Å². The lowest BCUT2D eigenvalue weighted by atomic mass is 9.94. The number of nitrogens with zero attached hydrogens (tertiary/aromatic N) is 1.